The van der Waals surface area contributed by atoms with Gasteiger partial charge in [0, 0.05) is 58.4 Å². The molecule has 0 aromatic heterocycles. The van der Waals surface area contributed by atoms with Crippen molar-refractivity contribution in [3.05, 3.63) is 39.4 Å². The predicted octanol–water partition coefficient (Wildman–Crippen LogP) is 0.678. The number of nitro benzene ring substituents is 1. The monoisotopic (exact) mass is 432 g/mol. The van der Waals surface area contributed by atoms with E-state index < -0.39 is 16.7 Å². The fourth-order valence-corrected chi connectivity index (χ4v) is 3.69. The number of nitro groups is 1. The second-order valence-electron chi connectivity index (χ2n) is 7.36. The van der Waals surface area contributed by atoms with Gasteiger partial charge in [0.15, 0.2) is 0 Å². The third-order valence-corrected chi connectivity index (χ3v) is 5.44. The van der Waals surface area contributed by atoms with Crippen molar-refractivity contribution in [3.8, 4) is 0 Å². The standard InChI is InChI=1S/C20H24N4O7/c1-31-12-6-18(26)22-10-8-21(9-11-22)17(25)3-2-7-23-19(27)15-5-4-14(24(29)30)13-16(15)20(23)28/h4-5,13H,2-3,6-12H2,1H3. The van der Waals surface area contributed by atoms with Crippen LogP contribution < -0.4 is 0 Å². The Morgan fingerprint density at radius 3 is 2.16 bits per heavy atom. The van der Waals surface area contributed by atoms with Crippen molar-refractivity contribution in [2.45, 2.75) is 19.3 Å². The molecule has 166 valence electrons. The number of carbonyl (C=O) groups excluding carboxylic acids is 4. The number of carbonyl (C=O) groups is 4. The van der Waals surface area contributed by atoms with E-state index in [1.54, 1.807) is 9.80 Å². The second-order valence-corrected chi connectivity index (χ2v) is 7.36. The highest BCUT2D eigenvalue weighted by molar-refractivity contribution is 6.21. The van der Waals surface area contributed by atoms with E-state index in [-0.39, 0.29) is 41.6 Å². The van der Waals surface area contributed by atoms with E-state index in [0.29, 0.717) is 45.6 Å². The number of piperazine rings is 1. The van der Waals surface area contributed by atoms with Gasteiger partial charge < -0.3 is 14.5 Å². The van der Waals surface area contributed by atoms with Crippen LogP contribution in [0.2, 0.25) is 0 Å². The first-order chi connectivity index (χ1) is 14.8. The lowest BCUT2D eigenvalue weighted by molar-refractivity contribution is -0.384. The van der Waals surface area contributed by atoms with Gasteiger partial charge >= 0.3 is 0 Å². The molecule has 31 heavy (non-hydrogen) atoms. The molecule has 0 radical (unpaired) electrons. The van der Waals surface area contributed by atoms with E-state index in [9.17, 15) is 29.3 Å². The van der Waals surface area contributed by atoms with Crippen LogP contribution in [0.1, 0.15) is 40.0 Å². The normalized spacial score (nSPS) is 16.0. The molecule has 2 heterocycles. The van der Waals surface area contributed by atoms with E-state index >= 15 is 0 Å². The molecular weight excluding hydrogens is 408 g/mol. The molecule has 11 nitrogen and oxygen atoms in total. The van der Waals surface area contributed by atoms with Gasteiger partial charge in [-0.1, -0.05) is 0 Å². The summed E-state index contributed by atoms with van der Waals surface area (Å²) in [6.45, 7) is 2.23. The Hall–Kier alpha value is -3.34. The Bertz CT molecular complexity index is 909. The van der Waals surface area contributed by atoms with Crippen LogP contribution in [0.4, 0.5) is 5.69 Å². The van der Waals surface area contributed by atoms with Crippen LogP contribution in [0, 0.1) is 10.1 Å². The SMILES string of the molecule is COCCC(=O)N1CCN(C(=O)CCCN2C(=O)c3ccc([N+](=O)[O-])cc3C2=O)CC1. The number of ether oxygens (including phenoxy) is 1. The zero-order valence-corrected chi connectivity index (χ0v) is 17.2. The number of amides is 4. The summed E-state index contributed by atoms with van der Waals surface area (Å²) in [5.74, 6) is -1.19. The van der Waals surface area contributed by atoms with Crippen LogP contribution in [0.3, 0.4) is 0 Å². The molecule has 1 saturated heterocycles. The number of rotatable bonds is 8. The minimum absolute atomic E-state index is 0.000176. The molecule has 0 atom stereocenters. The number of methoxy groups -OCH3 is 1. The zero-order valence-electron chi connectivity index (χ0n) is 17.2. The van der Waals surface area contributed by atoms with Gasteiger partial charge in [0.2, 0.25) is 11.8 Å². The molecule has 1 aromatic rings. The molecule has 0 aliphatic carbocycles. The van der Waals surface area contributed by atoms with Crippen LogP contribution >= 0.6 is 0 Å². The number of imide groups is 1. The van der Waals surface area contributed by atoms with Gasteiger partial charge in [0.25, 0.3) is 17.5 Å². The maximum Gasteiger partial charge on any atom is 0.270 e. The smallest absolute Gasteiger partial charge is 0.270 e. The van der Waals surface area contributed by atoms with Crippen molar-refractivity contribution in [1.29, 1.82) is 0 Å². The maximum atomic E-state index is 12.5. The molecule has 0 unspecified atom stereocenters. The van der Waals surface area contributed by atoms with E-state index in [4.69, 9.17) is 4.74 Å². The Labute approximate surface area is 178 Å². The summed E-state index contributed by atoms with van der Waals surface area (Å²) in [5, 5.41) is 10.9. The molecule has 2 aliphatic rings. The number of hydrogen-bond acceptors (Lipinski definition) is 7. The summed E-state index contributed by atoms with van der Waals surface area (Å²) in [5.41, 5.74) is -0.104. The molecule has 0 saturated carbocycles. The molecular formula is C20H24N4O7. The summed E-state index contributed by atoms with van der Waals surface area (Å²) in [7, 11) is 1.54. The lowest BCUT2D eigenvalue weighted by Gasteiger charge is -2.35. The quantitative estimate of drug-likeness (QED) is 0.335. The van der Waals surface area contributed by atoms with Gasteiger partial charge in [-0.05, 0) is 12.5 Å². The molecule has 0 spiro atoms. The molecule has 11 heteroatoms. The third-order valence-electron chi connectivity index (χ3n) is 5.44. The highest BCUT2D eigenvalue weighted by atomic mass is 16.6. The summed E-state index contributed by atoms with van der Waals surface area (Å²) in [6.07, 6.45) is 0.762. The van der Waals surface area contributed by atoms with Crippen molar-refractivity contribution >= 4 is 29.3 Å². The minimum Gasteiger partial charge on any atom is -0.384 e. The first kappa shape index (κ1) is 22.3. The molecule has 0 bridgehead atoms. The van der Waals surface area contributed by atoms with Gasteiger partial charge in [-0.15, -0.1) is 0 Å². The van der Waals surface area contributed by atoms with Crippen LogP contribution in [0.15, 0.2) is 18.2 Å². The maximum absolute atomic E-state index is 12.5. The third kappa shape index (κ3) is 4.88. The first-order valence-electron chi connectivity index (χ1n) is 10.0. The minimum atomic E-state index is -0.621. The lowest BCUT2D eigenvalue weighted by Crippen LogP contribution is -2.50. The molecule has 2 aliphatic heterocycles. The van der Waals surface area contributed by atoms with Crippen LogP contribution in [-0.2, 0) is 14.3 Å². The number of benzene rings is 1. The van der Waals surface area contributed by atoms with Crippen molar-refractivity contribution < 1.29 is 28.8 Å². The van der Waals surface area contributed by atoms with Crippen LogP contribution in [0.25, 0.3) is 0 Å². The summed E-state index contributed by atoms with van der Waals surface area (Å²) in [4.78, 5) is 64.1. The van der Waals surface area contributed by atoms with Crippen molar-refractivity contribution in [1.82, 2.24) is 14.7 Å². The Balaban J connectivity index is 1.47. The first-order valence-corrected chi connectivity index (χ1v) is 10.0. The largest absolute Gasteiger partial charge is 0.384 e. The van der Waals surface area contributed by atoms with Crippen molar-refractivity contribution in [2.24, 2.45) is 0 Å². The Kier molecular flexibility index (Phi) is 6.95. The van der Waals surface area contributed by atoms with Gasteiger partial charge in [0.1, 0.15) is 0 Å². The predicted molar refractivity (Wildman–Crippen MR) is 107 cm³/mol. The van der Waals surface area contributed by atoms with E-state index in [2.05, 4.69) is 0 Å². The zero-order chi connectivity index (χ0) is 22.5. The molecule has 4 amide bonds. The van der Waals surface area contributed by atoms with Crippen LogP contribution in [-0.4, -0.2) is 89.7 Å². The average Bonchev–Trinajstić information content (AvgIpc) is 3.01. The fraction of sp³-hybridized carbons (Fsp3) is 0.500. The van der Waals surface area contributed by atoms with Crippen LogP contribution in [0.5, 0.6) is 0 Å². The number of non-ortho nitro benzene ring substituents is 1. The highest BCUT2D eigenvalue weighted by Crippen LogP contribution is 2.27. The average molecular weight is 432 g/mol. The number of hydrogen-bond donors (Lipinski definition) is 0. The van der Waals surface area contributed by atoms with E-state index in [1.165, 1.54) is 19.2 Å². The molecule has 1 aromatic carbocycles. The van der Waals surface area contributed by atoms with Crippen molar-refractivity contribution in [3.63, 3.8) is 0 Å². The lowest BCUT2D eigenvalue weighted by atomic mass is 10.1. The number of fused-ring (bicyclic) bond motifs is 1. The molecule has 1 fully saturated rings. The fourth-order valence-electron chi connectivity index (χ4n) is 3.69. The van der Waals surface area contributed by atoms with Gasteiger partial charge in [0.05, 0.1) is 29.1 Å². The summed E-state index contributed by atoms with van der Waals surface area (Å²) < 4.78 is 4.91. The number of nitrogens with zero attached hydrogens (tertiary/aromatic N) is 4. The highest BCUT2D eigenvalue weighted by Gasteiger charge is 2.36. The topological polar surface area (TPSA) is 130 Å². The Morgan fingerprint density at radius 2 is 1.58 bits per heavy atom. The summed E-state index contributed by atoms with van der Waals surface area (Å²) in [6, 6.07) is 3.58. The van der Waals surface area contributed by atoms with E-state index in [1.807, 2.05) is 0 Å². The molecule has 3 rings (SSSR count). The summed E-state index contributed by atoms with van der Waals surface area (Å²) >= 11 is 0. The van der Waals surface area contributed by atoms with E-state index in [0.717, 1.165) is 11.0 Å². The van der Waals surface area contributed by atoms with Gasteiger partial charge in [-0.25, -0.2) is 0 Å². The Morgan fingerprint density at radius 1 is 1.00 bits per heavy atom. The van der Waals surface area contributed by atoms with Crippen molar-refractivity contribution in [2.75, 3.05) is 46.4 Å². The van der Waals surface area contributed by atoms with Gasteiger partial charge in [-0.3, -0.25) is 34.2 Å². The molecule has 0 N–H and O–H groups in total. The second kappa shape index (κ2) is 9.65. The van der Waals surface area contributed by atoms with Gasteiger partial charge in [-0.2, -0.15) is 0 Å².